The van der Waals surface area contributed by atoms with Crippen LogP contribution in [-0.4, -0.2) is 36.5 Å². The first kappa shape index (κ1) is 22.9. The third kappa shape index (κ3) is 5.29. The highest BCUT2D eigenvalue weighted by atomic mass is 32.2. The molecule has 0 aliphatic rings. The first-order valence-corrected chi connectivity index (χ1v) is 11.7. The van der Waals surface area contributed by atoms with Crippen molar-refractivity contribution in [2.75, 3.05) is 6.54 Å². The van der Waals surface area contributed by atoms with Crippen LogP contribution in [0.25, 0.3) is 11.0 Å². The van der Waals surface area contributed by atoms with Gasteiger partial charge in [0.15, 0.2) is 0 Å². The number of sulfonamides is 1. The lowest BCUT2D eigenvalue weighted by molar-refractivity contribution is -0.123. The molecule has 1 aromatic heterocycles. The van der Waals surface area contributed by atoms with Crippen LogP contribution in [0.5, 0.6) is 0 Å². The summed E-state index contributed by atoms with van der Waals surface area (Å²) in [6, 6.07) is 11.9. The molecular formula is C22H27FN4O3S. The van der Waals surface area contributed by atoms with Gasteiger partial charge in [0.2, 0.25) is 15.9 Å². The molecule has 0 radical (unpaired) electrons. The van der Waals surface area contributed by atoms with E-state index >= 15 is 0 Å². The number of halogens is 1. The lowest BCUT2D eigenvalue weighted by Gasteiger charge is -2.22. The Hall–Kier alpha value is -2.78. The van der Waals surface area contributed by atoms with Crippen LogP contribution in [-0.2, 0) is 21.4 Å². The van der Waals surface area contributed by atoms with Crippen LogP contribution in [0, 0.1) is 18.7 Å². The van der Waals surface area contributed by atoms with E-state index in [4.69, 9.17) is 0 Å². The van der Waals surface area contributed by atoms with Crippen molar-refractivity contribution in [3.8, 4) is 0 Å². The van der Waals surface area contributed by atoms with Crippen molar-refractivity contribution in [3.63, 3.8) is 0 Å². The fraction of sp³-hybridized carbons (Fsp3) is 0.364. The van der Waals surface area contributed by atoms with E-state index in [-0.39, 0.29) is 5.92 Å². The predicted octanol–water partition coefficient (Wildman–Crippen LogP) is 2.99. The smallest absolute Gasteiger partial charge is 0.244 e. The molecular weight excluding hydrogens is 419 g/mol. The maximum Gasteiger partial charge on any atom is 0.244 e. The van der Waals surface area contributed by atoms with Gasteiger partial charge in [0, 0.05) is 13.1 Å². The highest BCUT2D eigenvalue weighted by molar-refractivity contribution is 7.89. The standard InChI is InChI=1S/C22H27FN4O3S/c1-15(2)21(26-31(29,30)20-12-7-4-9-17(20)23)22(28)24-13-8-14-27-16(3)25-18-10-5-6-11-19(18)27/h4-7,9-12,15,21,26H,8,13-14H2,1-3H3,(H,24,28)/t21-/m0/s1. The van der Waals surface area contributed by atoms with Crippen molar-refractivity contribution in [1.82, 2.24) is 19.6 Å². The Morgan fingerprint density at radius 3 is 2.52 bits per heavy atom. The molecule has 1 heterocycles. The van der Waals surface area contributed by atoms with E-state index in [2.05, 4.69) is 19.6 Å². The van der Waals surface area contributed by atoms with Gasteiger partial charge in [0.25, 0.3) is 0 Å². The third-order valence-electron chi connectivity index (χ3n) is 5.06. The summed E-state index contributed by atoms with van der Waals surface area (Å²) in [5.74, 6) is -0.727. The van der Waals surface area contributed by atoms with Gasteiger partial charge in [0.05, 0.1) is 11.0 Å². The molecule has 0 aliphatic heterocycles. The molecule has 3 rings (SSSR count). The number of carbonyl (C=O) groups is 1. The Balaban J connectivity index is 1.61. The molecule has 2 N–H and O–H groups in total. The van der Waals surface area contributed by atoms with Gasteiger partial charge in [-0.2, -0.15) is 4.72 Å². The first-order valence-electron chi connectivity index (χ1n) is 10.2. The van der Waals surface area contributed by atoms with Gasteiger partial charge in [-0.3, -0.25) is 4.79 Å². The predicted molar refractivity (Wildman–Crippen MR) is 117 cm³/mol. The van der Waals surface area contributed by atoms with Crippen LogP contribution in [0.4, 0.5) is 4.39 Å². The Morgan fingerprint density at radius 2 is 1.81 bits per heavy atom. The van der Waals surface area contributed by atoms with Crippen LogP contribution < -0.4 is 10.0 Å². The van der Waals surface area contributed by atoms with Crippen molar-refractivity contribution in [3.05, 3.63) is 60.2 Å². The number of aromatic nitrogens is 2. The fourth-order valence-electron chi connectivity index (χ4n) is 3.42. The number of para-hydroxylation sites is 2. The van der Waals surface area contributed by atoms with Gasteiger partial charge in [-0.05, 0) is 43.5 Å². The minimum Gasteiger partial charge on any atom is -0.355 e. The number of hydrogen-bond acceptors (Lipinski definition) is 4. The molecule has 0 aliphatic carbocycles. The molecule has 0 fully saturated rings. The highest BCUT2D eigenvalue weighted by Gasteiger charge is 2.29. The molecule has 0 spiro atoms. The van der Waals surface area contributed by atoms with Crippen molar-refractivity contribution < 1.29 is 17.6 Å². The second-order valence-corrected chi connectivity index (χ2v) is 9.40. The zero-order valence-electron chi connectivity index (χ0n) is 17.8. The van der Waals surface area contributed by atoms with E-state index in [1.165, 1.54) is 18.2 Å². The SMILES string of the molecule is Cc1nc2ccccc2n1CCCNC(=O)[C@@H](NS(=O)(=O)c1ccccc1F)C(C)C. The van der Waals surface area contributed by atoms with Gasteiger partial charge in [-0.1, -0.05) is 38.1 Å². The van der Waals surface area contributed by atoms with Crippen LogP contribution in [0.2, 0.25) is 0 Å². The lowest BCUT2D eigenvalue weighted by Crippen LogP contribution is -2.49. The molecule has 9 heteroatoms. The summed E-state index contributed by atoms with van der Waals surface area (Å²) in [6.07, 6.45) is 0.651. The van der Waals surface area contributed by atoms with Gasteiger partial charge >= 0.3 is 0 Å². The van der Waals surface area contributed by atoms with E-state index in [9.17, 15) is 17.6 Å². The Morgan fingerprint density at radius 1 is 1.13 bits per heavy atom. The van der Waals surface area contributed by atoms with E-state index in [1.54, 1.807) is 13.8 Å². The molecule has 1 atom stereocenters. The van der Waals surface area contributed by atoms with Crippen LogP contribution in [0.1, 0.15) is 26.1 Å². The summed E-state index contributed by atoms with van der Waals surface area (Å²) in [7, 11) is -4.17. The molecule has 166 valence electrons. The highest BCUT2D eigenvalue weighted by Crippen LogP contribution is 2.17. The minimum atomic E-state index is -4.17. The number of aryl methyl sites for hydroxylation is 2. The molecule has 31 heavy (non-hydrogen) atoms. The second-order valence-electron chi connectivity index (χ2n) is 7.72. The van der Waals surface area contributed by atoms with Crippen LogP contribution in [0.3, 0.4) is 0 Å². The number of nitrogens with zero attached hydrogens (tertiary/aromatic N) is 2. The molecule has 7 nitrogen and oxygen atoms in total. The molecule has 0 saturated heterocycles. The zero-order valence-corrected chi connectivity index (χ0v) is 18.6. The van der Waals surface area contributed by atoms with Gasteiger partial charge in [-0.15, -0.1) is 0 Å². The maximum atomic E-state index is 13.9. The van der Waals surface area contributed by atoms with E-state index < -0.39 is 32.7 Å². The summed E-state index contributed by atoms with van der Waals surface area (Å²) in [5, 5.41) is 2.79. The maximum absolute atomic E-state index is 13.9. The molecule has 0 unspecified atom stereocenters. The number of hydrogen-bond donors (Lipinski definition) is 2. The van der Waals surface area contributed by atoms with Gasteiger partial charge in [-0.25, -0.2) is 17.8 Å². The quantitative estimate of drug-likeness (QED) is 0.494. The molecule has 1 amide bonds. The first-order chi connectivity index (χ1) is 14.7. The van der Waals surface area contributed by atoms with Crippen LogP contribution >= 0.6 is 0 Å². The summed E-state index contributed by atoms with van der Waals surface area (Å²) in [5.41, 5.74) is 1.95. The van der Waals surface area contributed by atoms with Gasteiger partial charge < -0.3 is 9.88 Å². The van der Waals surface area contributed by atoms with Crippen molar-refractivity contribution >= 4 is 27.0 Å². The Labute approximate surface area is 181 Å². The number of fused-ring (bicyclic) bond motifs is 1. The van der Waals surface area contributed by atoms with Crippen molar-refractivity contribution in [2.24, 2.45) is 5.92 Å². The number of benzene rings is 2. The third-order valence-corrected chi connectivity index (χ3v) is 6.53. The average Bonchev–Trinajstić information content (AvgIpc) is 3.04. The summed E-state index contributed by atoms with van der Waals surface area (Å²) in [6.45, 7) is 6.43. The molecule has 0 saturated carbocycles. The summed E-state index contributed by atoms with van der Waals surface area (Å²) < 4.78 is 43.5. The number of imidazole rings is 1. The zero-order chi connectivity index (χ0) is 22.6. The lowest BCUT2D eigenvalue weighted by atomic mass is 10.1. The topological polar surface area (TPSA) is 93.1 Å². The van der Waals surface area contributed by atoms with Crippen LogP contribution in [0.15, 0.2) is 53.4 Å². The number of carbonyl (C=O) groups excluding carboxylic acids is 1. The summed E-state index contributed by atoms with van der Waals surface area (Å²) in [4.78, 5) is 16.7. The normalized spacial score (nSPS) is 12.9. The van der Waals surface area contributed by atoms with E-state index in [1.807, 2.05) is 31.2 Å². The Kier molecular flexibility index (Phi) is 7.07. The Bertz CT molecular complexity index is 1170. The van der Waals surface area contributed by atoms with E-state index in [0.29, 0.717) is 19.5 Å². The largest absolute Gasteiger partial charge is 0.355 e. The molecule has 3 aromatic rings. The summed E-state index contributed by atoms with van der Waals surface area (Å²) >= 11 is 0. The average molecular weight is 447 g/mol. The number of rotatable bonds is 9. The van der Waals surface area contributed by atoms with Gasteiger partial charge in [0.1, 0.15) is 22.6 Å². The monoisotopic (exact) mass is 446 g/mol. The van der Waals surface area contributed by atoms with E-state index in [0.717, 1.165) is 22.9 Å². The number of amides is 1. The molecule has 2 aromatic carbocycles. The van der Waals surface area contributed by atoms with Crippen molar-refractivity contribution in [1.29, 1.82) is 0 Å². The molecule has 0 bridgehead atoms. The number of nitrogens with one attached hydrogen (secondary N) is 2. The second kappa shape index (κ2) is 9.57. The van der Waals surface area contributed by atoms with Crippen molar-refractivity contribution in [2.45, 2.75) is 44.7 Å². The minimum absolute atomic E-state index is 0.318. The fourth-order valence-corrected chi connectivity index (χ4v) is 4.85.